The molecule has 1 saturated heterocycles. The van der Waals surface area contributed by atoms with E-state index in [0.717, 1.165) is 11.8 Å². The summed E-state index contributed by atoms with van der Waals surface area (Å²) in [6.45, 7) is 8.79. The van der Waals surface area contributed by atoms with Crippen LogP contribution in [-0.4, -0.2) is 24.5 Å². The van der Waals surface area contributed by atoms with Crippen molar-refractivity contribution < 1.29 is 0 Å². The third-order valence-electron chi connectivity index (χ3n) is 5.61. The molecule has 21 heavy (non-hydrogen) atoms. The maximum absolute atomic E-state index is 2.74. The highest BCUT2D eigenvalue weighted by Crippen LogP contribution is 2.44. The molecule has 2 fully saturated rings. The van der Waals surface area contributed by atoms with Crippen LogP contribution in [0.1, 0.15) is 51.5 Å². The lowest BCUT2D eigenvalue weighted by Crippen LogP contribution is -2.49. The van der Waals surface area contributed by atoms with Gasteiger partial charge in [0.1, 0.15) is 0 Å². The van der Waals surface area contributed by atoms with Gasteiger partial charge < -0.3 is 4.90 Å². The second kappa shape index (κ2) is 7.28. The van der Waals surface area contributed by atoms with Crippen LogP contribution >= 0.6 is 17.0 Å². The summed E-state index contributed by atoms with van der Waals surface area (Å²) in [6, 6.07) is 11.3. The Morgan fingerprint density at radius 3 is 2.48 bits per heavy atom. The highest BCUT2D eigenvalue weighted by Gasteiger charge is 2.41. The van der Waals surface area contributed by atoms with E-state index in [1.807, 2.05) is 0 Å². The molecule has 1 aliphatic carbocycles. The molecule has 1 saturated carbocycles. The van der Waals surface area contributed by atoms with Crippen LogP contribution < -0.4 is 0 Å². The van der Waals surface area contributed by atoms with E-state index in [0.29, 0.717) is 5.41 Å². The number of hydrogen-bond acceptors (Lipinski definition) is 1. The van der Waals surface area contributed by atoms with Crippen molar-refractivity contribution in [3.05, 3.63) is 35.9 Å². The molecule has 2 aliphatic rings. The Morgan fingerprint density at radius 2 is 1.90 bits per heavy atom. The summed E-state index contributed by atoms with van der Waals surface area (Å²) < 4.78 is 0. The van der Waals surface area contributed by atoms with Crippen LogP contribution in [0.4, 0.5) is 0 Å². The minimum atomic E-state index is 0. The Kier molecular flexibility index (Phi) is 5.90. The summed E-state index contributed by atoms with van der Waals surface area (Å²) in [5.41, 5.74) is 2.01. The van der Waals surface area contributed by atoms with Crippen molar-refractivity contribution in [2.45, 2.75) is 51.4 Å². The quantitative estimate of drug-likeness (QED) is 0.716. The number of rotatable bonds is 5. The zero-order valence-corrected chi connectivity index (χ0v) is 15.3. The first-order valence-corrected chi connectivity index (χ1v) is 8.52. The van der Waals surface area contributed by atoms with Crippen molar-refractivity contribution in [3.8, 4) is 0 Å². The molecule has 2 atom stereocenters. The van der Waals surface area contributed by atoms with Crippen molar-refractivity contribution in [2.75, 3.05) is 19.6 Å². The van der Waals surface area contributed by atoms with Gasteiger partial charge >= 0.3 is 0 Å². The number of benzene rings is 1. The molecule has 0 N–H and O–H groups in total. The fourth-order valence-electron chi connectivity index (χ4n) is 4.25. The molecule has 0 bridgehead atoms. The summed E-state index contributed by atoms with van der Waals surface area (Å²) in [5.74, 6) is 1.80. The molecule has 118 valence electrons. The second-order valence-electron chi connectivity index (χ2n) is 7.13. The smallest absolute Gasteiger partial charge is 0.00157 e. The molecular weight excluding hydrogens is 322 g/mol. The zero-order valence-electron chi connectivity index (χ0n) is 13.6. The molecule has 0 radical (unpaired) electrons. The van der Waals surface area contributed by atoms with Crippen molar-refractivity contribution in [3.63, 3.8) is 0 Å². The van der Waals surface area contributed by atoms with E-state index >= 15 is 0 Å². The van der Waals surface area contributed by atoms with E-state index in [1.54, 1.807) is 5.56 Å². The lowest BCUT2D eigenvalue weighted by Gasteiger charge is -2.47. The van der Waals surface area contributed by atoms with E-state index in [1.165, 1.54) is 51.7 Å². The average Bonchev–Trinajstić information content (AvgIpc) is 3.27. The predicted octanol–water partition coefficient (Wildman–Crippen LogP) is 5.05. The first-order chi connectivity index (χ1) is 9.74. The largest absolute Gasteiger partial charge is 0.303 e. The molecule has 0 spiro atoms. The lowest BCUT2D eigenvalue weighted by molar-refractivity contribution is 0.0895. The monoisotopic (exact) mass is 351 g/mol. The lowest BCUT2D eigenvalue weighted by atomic mass is 9.64. The Bertz CT molecular complexity index is 428. The van der Waals surface area contributed by atoms with E-state index in [4.69, 9.17) is 0 Å². The maximum Gasteiger partial charge on any atom is 0.00157 e. The molecule has 3 rings (SSSR count). The van der Waals surface area contributed by atoms with Gasteiger partial charge in [-0.1, -0.05) is 50.6 Å². The van der Waals surface area contributed by atoms with Gasteiger partial charge in [0.05, 0.1) is 0 Å². The minimum Gasteiger partial charge on any atom is -0.303 e. The van der Waals surface area contributed by atoms with E-state index in [9.17, 15) is 0 Å². The Morgan fingerprint density at radius 1 is 1.19 bits per heavy atom. The Balaban J connectivity index is 0.00000161. The average molecular weight is 352 g/mol. The molecule has 1 heterocycles. The molecule has 1 aliphatic heterocycles. The zero-order chi connectivity index (χ0) is 14.0. The summed E-state index contributed by atoms with van der Waals surface area (Å²) in [6.07, 6.45) is 6.93. The molecule has 1 nitrogen and oxygen atoms in total. The summed E-state index contributed by atoms with van der Waals surface area (Å²) in [4.78, 5) is 2.74. The third kappa shape index (κ3) is 3.71. The van der Waals surface area contributed by atoms with Gasteiger partial charge in [-0.05, 0) is 49.6 Å². The van der Waals surface area contributed by atoms with Crippen LogP contribution in [0, 0.1) is 11.8 Å². The topological polar surface area (TPSA) is 3.24 Å². The third-order valence-corrected chi connectivity index (χ3v) is 5.61. The minimum absolute atomic E-state index is 0. The fourth-order valence-corrected chi connectivity index (χ4v) is 4.25. The summed E-state index contributed by atoms with van der Waals surface area (Å²) in [5, 5.41) is 0. The van der Waals surface area contributed by atoms with Gasteiger partial charge in [-0.15, -0.1) is 17.0 Å². The van der Waals surface area contributed by atoms with Gasteiger partial charge in [0, 0.05) is 18.5 Å². The van der Waals surface area contributed by atoms with Gasteiger partial charge in [-0.3, -0.25) is 0 Å². The van der Waals surface area contributed by atoms with Gasteiger partial charge in [-0.25, -0.2) is 0 Å². The highest BCUT2D eigenvalue weighted by molar-refractivity contribution is 8.93. The van der Waals surface area contributed by atoms with E-state index < -0.39 is 0 Å². The van der Waals surface area contributed by atoms with Gasteiger partial charge in [-0.2, -0.15) is 0 Å². The number of likely N-dealkylation sites (tertiary alicyclic amines) is 1. The van der Waals surface area contributed by atoms with Gasteiger partial charge in [0.25, 0.3) is 0 Å². The van der Waals surface area contributed by atoms with Gasteiger partial charge in [0.15, 0.2) is 0 Å². The van der Waals surface area contributed by atoms with Gasteiger partial charge in [0.2, 0.25) is 0 Å². The van der Waals surface area contributed by atoms with Crippen LogP contribution in [0.15, 0.2) is 30.3 Å². The maximum atomic E-state index is 2.74. The van der Waals surface area contributed by atoms with Crippen molar-refractivity contribution in [2.24, 2.45) is 11.8 Å². The van der Waals surface area contributed by atoms with Crippen molar-refractivity contribution in [1.29, 1.82) is 0 Å². The number of hydrogen-bond donors (Lipinski definition) is 0. The second-order valence-corrected chi connectivity index (χ2v) is 7.13. The van der Waals surface area contributed by atoms with Crippen LogP contribution in [0.3, 0.4) is 0 Å². The van der Waals surface area contributed by atoms with Crippen LogP contribution in [0.5, 0.6) is 0 Å². The number of halogens is 1. The van der Waals surface area contributed by atoms with Crippen LogP contribution in [-0.2, 0) is 5.41 Å². The van der Waals surface area contributed by atoms with E-state index in [2.05, 4.69) is 49.1 Å². The van der Waals surface area contributed by atoms with E-state index in [-0.39, 0.29) is 17.0 Å². The van der Waals surface area contributed by atoms with Crippen LogP contribution in [0.25, 0.3) is 0 Å². The first-order valence-electron chi connectivity index (χ1n) is 8.52. The normalized spacial score (nSPS) is 29.9. The Hall–Kier alpha value is -0.340. The number of nitrogens with zero attached hydrogens (tertiary/aromatic N) is 1. The fraction of sp³-hybridized carbons (Fsp3) is 0.684. The molecular formula is C19H30BrN. The SMILES string of the molecule is Br.CCC[C@@]1(c2ccccc2)CCN(CC2CC2)C[C@@H]1C. The summed E-state index contributed by atoms with van der Waals surface area (Å²) >= 11 is 0. The molecule has 2 heteroatoms. The highest BCUT2D eigenvalue weighted by atomic mass is 79.9. The Labute approximate surface area is 140 Å². The van der Waals surface area contributed by atoms with Crippen molar-refractivity contribution in [1.82, 2.24) is 4.90 Å². The molecule has 0 unspecified atom stereocenters. The van der Waals surface area contributed by atoms with Crippen LogP contribution in [0.2, 0.25) is 0 Å². The first kappa shape index (κ1) is 17.0. The summed E-state index contributed by atoms with van der Waals surface area (Å²) in [7, 11) is 0. The standard InChI is InChI=1S/C19H29N.BrH/c1-3-11-19(18-7-5-4-6-8-18)12-13-20(14-16(19)2)15-17-9-10-17;/h4-8,16-17H,3,9-15H2,1-2H3;1H/t16-,19+;/m0./s1. The molecule has 1 aromatic carbocycles. The molecule has 1 aromatic rings. The molecule has 0 aromatic heterocycles. The van der Waals surface area contributed by atoms with Crippen molar-refractivity contribution >= 4 is 17.0 Å². The number of piperidine rings is 1. The molecule has 0 amide bonds. The predicted molar refractivity (Wildman–Crippen MR) is 96.3 cm³/mol.